The average molecular weight is 329 g/mol. The second-order valence-corrected chi connectivity index (χ2v) is 6.52. The van der Waals surface area contributed by atoms with Gasteiger partial charge in [0.1, 0.15) is 11.5 Å². The second-order valence-electron chi connectivity index (χ2n) is 5.36. The van der Waals surface area contributed by atoms with E-state index in [0.717, 1.165) is 0 Å². The van der Waals surface area contributed by atoms with Crippen molar-refractivity contribution in [1.29, 1.82) is 0 Å². The van der Waals surface area contributed by atoms with Crippen molar-refractivity contribution in [3.05, 3.63) is 52.7 Å². The van der Waals surface area contributed by atoms with E-state index in [1.807, 2.05) is 0 Å². The van der Waals surface area contributed by atoms with Crippen LogP contribution >= 0.6 is 11.8 Å². The number of β-lactam (4-membered cyclic amide) rings is 1. The second kappa shape index (κ2) is 4.99. The van der Waals surface area contributed by atoms with Gasteiger partial charge in [-0.05, 0) is 17.7 Å². The number of carboxylic acids is 1. The fourth-order valence-corrected chi connectivity index (χ4v) is 4.12. The normalized spacial score (nSPS) is 24.3. The molecular formula is C16H11NO5S. The van der Waals surface area contributed by atoms with Crippen LogP contribution in [0.2, 0.25) is 0 Å². The number of rotatable bonds is 2. The van der Waals surface area contributed by atoms with Gasteiger partial charge in [-0.3, -0.25) is 9.69 Å². The number of cyclic esters (lactones) is 1. The zero-order valence-corrected chi connectivity index (χ0v) is 12.6. The number of allylic oxidation sites excluding steroid dienone is 1. The molecule has 0 saturated carbocycles. The molecule has 1 amide bonds. The first-order valence-corrected chi connectivity index (χ1v) is 8.04. The van der Waals surface area contributed by atoms with Crippen LogP contribution in [0, 0.1) is 0 Å². The molecule has 6 nitrogen and oxygen atoms in total. The molecule has 4 rings (SSSR count). The molecule has 3 aliphatic heterocycles. The summed E-state index contributed by atoms with van der Waals surface area (Å²) in [4.78, 5) is 36.5. The van der Waals surface area contributed by atoms with Crippen LogP contribution in [0.5, 0.6) is 0 Å². The first-order chi connectivity index (χ1) is 11.1. The highest BCUT2D eigenvalue weighted by molar-refractivity contribution is 8.00. The minimum absolute atomic E-state index is 0.0158. The number of carboxylic acid groups (broad SMARTS) is 1. The van der Waals surface area contributed by atoms with E-state index in [-0.39, 0.29) is 17.0 Å². The topological polar surface area (TPSA) is 83.9 Å². The molecular weight excluding hydrogens is 318 g/mol. The number of hydrogen-bond donors (Lipinski definition) is 1. The fourth-order valence-electron chi connectivity index (χ4n) is 2.90. The largest absolute Gasteiger partial charge is 0.477 e. The van der Waals surface area contributed by atoms with Gasteiger partial charge in [0.05, 0.1) is 17.4 Å². The summed E-state index contributed by atoms with van der Waals surface area (Å²) in [5, 5.41) is 9.37. The number of fused-ring (bicyclic) bond motifs is 2. The molecule has 0 aliphatic carbocycles. The van der Waals surface area contributed by atoms with E-state index < -0.39 is 11.9 Å². The van der Waals surface area contributed by atoms with Crippen molar-refractivity contribution >= 4 is 35.4 Å². The average Bonchev–Trinajstić information content (AvgIpc) is 2.84. The summed E-state index contributed by atoms with van der Waals surface area (Å²) in [6.07, 6.45) is 1.92. The monoisotopic (exact) mass is 329 g/mol. The summed E-state index contributed by atoms with van der Waals surface area (Å²) in [5.41, 5.74) is 1.55. The lowest BCUT2D eigenvalue weighted by molar-refractivity contribution is -0.146. The molecule has 116 valence electrons. The molecule has 3 aliphatic rings. The van der Waals surface area contributed by atoms with E-state index in [1.165, 1.54) is 16.7 Å². The van der Waals surface area contributed by atoms with Crippen molar-refractivity contribution in [2.75, 3.05) is 5.75 Å². The number of nitrogens with zero attached hydrogens (tertiary/aromatic N) is 1. The van der Waals surface area contributed by atoms with E-state index in [9.17, 15) is 19.5 Å². The Morgan fingerprint density at radius 1 is 1.30 bits per heavy atom. The molecule has 1 saturated heterocycles. The van der Waals surface area contributed by atoms with Crippen LogP contribution in [0.1, 0.15) is 22.3 Å². The molecule has 1 aromatic rings. The number of thioether (sulfide) groups is 1. The van der Waals surface area contributed by atoms with Gasteiger partial charge < -0.3 is 9.84 Å². The third-order valence-electron chi connectivity index (χ3n) is 4.01. The van der Waals surface area contributed by atoms with Crippen molar-refractivity contribution in [2.45, 2.75) is 11.8 Å². The molecule has 7 heteroatoms. The lowest BCUT2D eigenvalue weighted by atomic mass is 10.0. The van der Waals surface area contributed by atoms with Gasteiger partial charge in [0.2, 0.25) is 5.91 Å². The number of ether oxygens (including phenoxy) is 1. The molecule has 0 radical (unpaired) electrons. The first-order valence-electron chi connectivity index (χ1n) is 6.99. The molecule has 23 heavy (non-hydrogen) atoms. The minimum atomic E-state index is -1.15. The van der Waals surface area contributed by atoms with Gasteiger partial charge in [0, 0.05) is 11.3 Å². The van der Waals surface area contributed by atoms with Gasteiger partial charge in [-0.15, -0.1) is 11.8 Å². The highest BCUT2D eigenvalue weighted by atomic mass is 32.2. The smallest absolute Gasteiger partial charge is 0.352 e. The maximum atomic E-state index is 11.8. The Morgan fingerprint density at radius 3 is 2.74 bits per heavy atom. The zero-order chi connectivity index (χ0) is 16.1. The van der Waals surface area contributed by atoms with Crippen molar-refractivity contribution in [1.82, 2.24) is 4.90 Å². The lowest BCUT2D eigenvalue weighted by Gasteiger charge is -2.43. The predicted octanol–water partition coefficient (Wildman–Crippen LogP) is 1.84. The van der Waals surface area contributed by atoms with Crippen LogP contribution in [0.3, 0.4) is 0 Å². The number of benzene rings is 1. The van der Waals surface area contributed by atoms with Crippen LogP contribution in [-0.4, -0.2) is 39.0 Å². The van der Waals surface area contributed by atoms with Crippen molar-refractivity contribution in [3.63, 3.8) is 0 Å². The van der Waals surface area contributed by atoms with Crippen LogP contribution < -0.4 is 0 Å². The fraction of sp³-hybridized carbons (Fsp3) is 0.188. The Morgan fingerprint density at radius 2 is 2.04 bits per heavy atom. The highest BCUT2D eigenvalue weighted by Gasteiger charge is 2.45. The van der Waals surface area contributed by atoms with E-state index in [1.54, 1.807) is 30.3 Å². The summed E-state index contributed by atoms with van der Waals surface area (Å²) >= 11 is 1.51. The van der Waals surface area contributed by atoms with Gasteiger partial charge in [-0.1, -0.05) is 18.2 Å². The molecule has 0 spiro atoms. The summed E-state index contributed by atoms with van der Waals surface area (Å²) in [7, 11) is 0. The quantitative estimate of drug-likeness (QED) is 0.658. The minimum Gasteiger partial charge on any atom is -0.477 e. The molecule has 1 atom stereocenters. The van der Waals surface area contributed by atoms with Crippen LogP contribution in [-0.2, 0) is 14.3 Å². The van der Waals surface area contributed by atoms with Crippen molar-refractivity contribution in [2.24, 2.45) is 0 Å². The van der Waals surface area contributed by atoms with E-state index in [4.69, 9.17) is 4.74 Å². The predicted molar refractivity (Wildman–Crippen MR) is 82.2 cm³/mol. The third kappa shape index (κ3) is 2.08. The number of carbonyl (C=O) groups excluding carboxylic acids is 2. The van der Waals surface area contributed by atoms with Crippen molar-refractivity contribution in [3.8, 4) is 0 Å². The molecule has 1 aromatic carbocycles. The third-order valence-corrected chi connectivity index (χ3v) is 5.25. The lowest BCUT2D eigenvalue weighted by Crippen LogP contribution is -2.53. The Labute approximate surface area is 135 Å². The molecule has 1 N–H and O–H groups in total. The molecule has 0 bridgehead atoms. The van der Waals surface area contributed by atoms with Gasteiger partial charge >= 0.3 is 11.9 Å². The molecule has 0 unspecified atom stereocenters. The van der Waals surface area contributed by atoms with Crippen LogP contribution in [0.4, 0.5) is 0 Å². The molecule has 1 fully saturated rings. The zero-order valence-electron chi connectivity index (χ0n) is 11.8. The van der Waals surface area contributed by atoms with E-state index >= 15 is 0 Å². The summed E-state index contributed by atoms with van der Waals surface area (Å²) < 4.78 is 5.25. The highest BCUT2D eigenvalue weighted by Crippen LogP contribution is 2.41. The number of hydrogen-bond acceptors (Lipinski definition) is 5. The van der Waals surface area contributed by atoms with Crippen molar-refractivity contribution < 1.29 is 24.2 Å². The first kappa shape index (κ1) is 14.1. The van der Waals surface area contributed by atoms with E-state index in [2.05, 4.69) is 0 Å². The molecule has 3 heterocycles. The summed E-state index contributed by atoms with van der Waals surface area (Å²) in [5.74, 6) is -1.01. The SMILES string of the molecule is O=C(O)C1=C(/C=C2/OC(=O)c3ccccc32)CS[C@H]2CC(=O)N12. The Bertz CT molecular complexity index is 826. The Balaban J connectivity index is 1.81. The van der Waals surface area contributed by atoms with Crippen LogP contribution in [0.25, 0.3) is 5.76 Å². The number of carbonyl (C=O) groups is 3. The number of aliphatic carboxylic acids is 1. The maximum absolute atomic E-state index is 11.8. The molecule has 0 aromatic heterocycles. The van der Waals surface area contributed by atoms with Gasteiger partial charge in [-0.2, -0.15) is 0 Å². The van der Waals surface area contributed by atoms with Gasteiger partial charge in [0.25, 0.3) is 0 Å². The van der Waals surface area contributed by atoms with Gasteiger partial charge in [-0.25, -0.2) is 9.59 Å². The number of amides is 1. The number of esters is 1. The Kier molecular flexibility index (Phi) is 3.05. The Hall–Kier alpha value is -2.54. The summed E-state index contributed by atoms with van der Waals surface area (Å²) in [6, 6.07) is 6.94. The maximum Gasteiger partial charge on any atom is 0.352 e. The standard InChI is InChI=1S/C16H11NO5S/c18-12-6-13-17(12)14(15(19)20)8(7-23-13)5-11-9-3-1-2-4-10(9)16(21)22-11/h1-5,13H,6-7H2,(H,19,20)/b11-5+/t13-/m0/s1. The van der Waals surface area contributed by atoms with E-state index in [0.29, 0.717) is 34.6 Å². The van der Waals surface area contributed by atoms with Crippen LogP contribution in [0.15, 0.2) is 41.6 Å². The van der Waals surface area contributed by atoms with Gasteiger partial charge in [0.15, 0.2) is 0 Å². The summed E-state index contributed by atoms with van der Waals surface area (Å²) in [6.45, 7) is 0.